The number of benzene rings is 2. The van der Waals surface area contributed by atoms with Gasteiger partial charge in [-0.25, -0.2) is 14.1 Å². The Morgan fingerprint density at radius 3 is 2.52 bits per heavy atom. The fraction of sp³-hybridized carbons (Fsp3) is 0.0952. The number of hydrogen-bond donors (Lipinski definition) is 2. The van der Waals surface area contributed by atoms with Crippen molar-refractivity contribution < 1.29 is 28.6 Å². The Balaban J connectivity index is 2.06. The number of rotatable bonds is 5. The van der Waals surface area contributed by atoms with Crippen molar-refractivity contribution in [1.82, 2.24) is 5.32 Å². The summed E-state index contributed by atoms with van der Waals surface area (Å²) in [4.78, 5) is 38.0. The van der Waals surface area contributed by atoms with Crippen LogP contribution in [0.2, 0.25) is 0 Å². The van der Waals surface area contributed by atoms with Crippen molar-refractivity contribution in [3.8, 4) is 11.5 Å². The van der Waals surface area contributed by atoms with Gasteiger partial charge in [0.05, 0.1) is 12.8 Å². The number of anilines is 1. The summed E-state index contributed by atoms with van der Waals surface area (Å²) in [6, 6.07) is 6.81. The summed E-state index contributed by atoms with van der Waals surface area (Å²) in [5.41, 5.74) is 0.707. The Labute approximate surface area is 165 Å². The van der Waals surface area contributed by atoms with Gasteiger partial charge in [-0.05, 0) is 54.5 Å². The van der Waals surface area contributed by atoms with Crippen molar-refractivity contribution in [2.45, 2.75) is 6.42 Å². The number of ether oxygens (including phenoxy) is 1. The van der Waals surface area contributed by atoms with E-state index in [0.29, 0.717) is 17.5 Å². The van der Waals surface area contributed by atoms with Gasteiger partial charge < -0.3 is 9.84 Å². The molecular weight excluding hydrogens is 379 g/mol. The topological polar surface area (TPSA) is 95.9 Å². The van der Waals surface area contributed by atoms with E-state index < -0.39 is 23.7 Å². The second-order valence-electron chi connectivity index (χ2n) is 6.16. The van der Waals surface area contributed by atoms with E-state index in [1.807, 2.05) is 0 Å². The number of methoxy groups -OCH3 is 1. The van der Waals surface area contributed by atoms with E-state index in [-0.39, 0.29) is 22.8 Å². The number of amides is 4. The van der Waals surface area contributed by atoms with Gasteiger partial charge in [0, 0.05) is 5.56 Å². The fourth-order valence-electron chi connectivity index (χ4n) is 2.89. The SMILES string of the molecule is C=CCc1cc(/C=C2/C(=O)NC(=O)N(c3ccc(F)cc3)C2=O)cc(OC)c1O. The molecule has 0 saturated carbocycles. The second-order valence-corrected chi connectivity index (χ2v) is 6.16. The summed E-state index contributed by atoms with van der Waals surface area (Å²) in [6.07, 6.45) is 3.20. The van der Waals surface area contributed by atoms with Crippen molar-refractivity contribution in [1.29, 1.82) is 0 Å². The number of barbiturate groups is 1. The number of hydrogen-bond acceptors (Lipinski definition) is 5. The molecule has 29 heavy (non-hydrogen) atoms. The van der Waals surface area contributed by atoms with E-state index >= 15 is 0 Å². The number of carbonyl (C=O) groups excluding carboxylic acids is 3. The van der Waals surface area contributed by atoms with Gasteiger partial charge in [0.15, 0.2) is 11.5 Å². The Morgan fingerprint density at radius 2 is 1.90 bits per heavy atom. The largest absolute Gasteiger partial charge is 0.504 e. The first-order chi connectivity index (χ1) is 13.8. The molecule has 148 valence electrons. The van der Waals surface area contributed by atoms with Crippen molar-refractivity contribution in [2.75, 3.05) is 12.0 Å². The molecule has 0 radical (unpaired) electrons. The van der Waals surface area contributed by atoms with Gasteiger partial charge in [-0.1, -0.05) is 6.08 Å². The van der Waals surface area contributed by atoms with E-state index in [4.69, 9.17) is 4.74 Å². The van der Waals surface area contributed by atoms with Crippen molar-refractivity contribution >= 4 is 29.6 Å². The molecular formula is C21H17FN2O5. The molecule has 2 aromatic carbocycles. The highest BCUT2D eigenvalue weighted by atomic mass is 19.1. The molecule has 1 heterocycles. The molecule has 7 nitrogen and oxygen atoms in total. The van der Waals surface area contributed by atoms with Gasteiger partial charge in [-0.3, -0.25) is 14.9 Å². The second kappa shape index (κ2) is 7.97. The number of nitrogens with zero attached hydrogens (tertiary/aromatic N) is 1. The monoisotopic (exact) mass is 396 g/mol. The lowest BCUT2D eigenvalue weighted by atomic mass is 10.0. The molecule has 2 N–H and O–H groups in total. The van der Waals surface area contributed by atoms with Gasteiger partial charge in [0.25, 0.3) is 11.8 Å². The van der Waals surface area contributed by atoms with Crippen molar-refractivity contribution in [3.63, 3.8) is 0 Å². The molecule has 1 aliphatic rings. The van der Waals surface area contributed by atoms with Crippen LogP contribution in [0.3, 0.4) is 0 Å². The Kier molecular flexibility index (Phi) is 5.45. The summed E-state index contributed by atoms with van der Waals surface area (Å²) in [7, 11) is 1.37. The average molecular weight is 396 g/mol. The minimum Gasteiger partial charge on any atom is -0.504 e. The standard InChI is InChI=1S/C21H17FN2O5/c1-3-4-13-9-12(11-17(29-2)18(13)25)10-16-19(26)23-21(28)24(20(16)27)15-7-5-14(22)6-8-15/h3,5-11,25H,1,4H2,2H3,(H,23,26,28)/b16-10-. The first-order valence-corrected chi connectivity index (χ1v) is 8.53. The lowest BCUT2D eigenvalue weighted by Crippen LogP contribution is -2.54. The van der Waals surface area contributed by atoms with E-state index in [9.17, 15) is 23.9 Å². The van der Waals surface area contributed by atoms with Gasteiger partial charge in [-0.15, -0.1) is 6.58 Å². The summed E-state index contributed by atoms with van der Waals surface area (Å²) >= 11 is 0. The molecule has 1 fully saturated rings. The first-order valence-electron chi connectivity index (χ1n) is 8.53. The van der Waals surface area contributed by atoms with Crippen LogP contribution < -0.4 is 15.0 Å². The Hall–Kier alpha value is -3.94. The maximum Gasteiger partial charge on any atom is 0.335 e. The van der Waals surface area contributed by atoms with Crippen LogP contribution in [0.15, 0.2) is 54.6 Å². The van der Waals surface area contributed by atoms with Gasteiger partial charge in [0.2, 0.25) is 0 Å². The molecule has 2 aromatic rings. The minimum atomic E-state index is -0.931. The predicted molar refractivity (Wildman–Crippen MR) is 104 cm³/mol. The number of urea groups is 1. The van der Waals surface area contributed by atoms with Gasteiger partial charge in [-0.2, -0.15) is 0 Å². The summed E-state index contributed by atoms with van der Waals surface area (Å²) in [6.45, 7) is 3.62. The Bertz CT molecular complexity index is 1040. The average Bonchev–Trinajstić information content (AvgIpc) is 2.68. The van der Waals surface area contributed by atoms with E-state index in [1.165, 1.54) is 31.4 Å². The molecule has 1 aliphatic heterocycles. The molecule has 0 spiro atoms. The molecule has 0 atom stereocenters. The number of halogens is 1. The quantitative estimate of drug-likeness (QED) is 0.460. The van der Waals surface area contributed by atoms with E-state index in [0.717, 1.165) is 17.0 Å². The fourth-order valence-corrected chi connectivity index (χ4v) is 2.89. The molecule has 1 saturated heterocycles. The number of carbonyl (C=O) groups is 3. The van der Waals surface area contributed by atoms with Crippen LogP contribution in [0.1, 0.15) is 11.1 Å². The number of imide groups is 2. The maximum absolute atomic E-state index is 13.2. The van der Waals surface area contributed by atoms with Crippen LogP contribution in [0.4, 0.5) is 14.9 Å². The summed E-state index contributed by atoms with van der Waals surface area (Å²) in [5, 5.41) is 12.3. The van der Waals surface area contributed by atoms with Crippen LogP contribution in [0, 0.1) is 5.82 Å². The number of allylic oxidation sites excluding steroid dienone is 1. The third kappa shape index (κ3) is 3.86. The predicted octanol–water partition coefficient (Wildman–Crippen LogP) is 2.93. The molecule has 0 aromatic heterocycles. The number of phenols is 1. The molecule has 0 aliphatic carbocycles. The van der Waals surface area contributed by atoms with E-state index in [2.05, 4.69) is 11.9 Å². The third-order valence-corrected chi connectivity index (χ3v) is 4.26. The maximum atomic E-state index is 13.2. The third-order valence-electron chi connectivity index (χ3n) is 4.26. The molecule has 8 heteroatoms. The lowest BCUT2D eigenvalue weighted by Gasteiger charge is -2.26. The number of phenolic OH excluding ortho intramolecular Hbond substituents is 1. The van der Waals surface area contributed by atoms with Crippen LogP contribution in [-0.4, -0.2) is 30.1 Å². The summed E-state index contributed by atoms with van der Waals surface area (Å²) in [5.74, 6) is -2.17. The zero-order valence-corrected chi connectivity index (χ0v) is 15.4. The van der Waals surface area contributed by atoms with Crippen LogP contribution >= 0.6 is 0 Å². The van der Waals surface area contributed by atoms with Crippen molar-refractivity contribution in [2.24, 2.45) is 0 Å². The lowest BCUT2D eigenvalue weighted by molar-refractivity contribution is -0.122. The highest BCUT2D eigenvalue weighted by molar-refractivity contribution is 6.39. The zero-order chi connectivity index (χ0) is 21.1. The highest BCUT2D eigenvalue weighted by Crippen LogP contribution is 2.33. The number of aromatic hydroxyl groups is 1. The van der Waals surface area contributed by atoms with Crippen LogP contribution in [0.5, 0.6) is 11.5 Å². The normalized spacial score (nSPS) is 15.4. The van der Waals surface area contributed by atoms with Crippen LogP contribution in [0.25, 0.3) is 6.08 Å². The first kappa shape index (κ1) is 19.8. The van der Waals surface area contributed by atoms with Gasteiger partial charge in [0.1, 0.15) is 11.4 Å². The zero-order valence-electron chi connectivity index (χ0n) is 15.4. The minimum absolute atomic E-state index is 0.0721. The Morgan fingerprint density at radius 1 is 1.21 bits per heavy atom. The van der Waals surface area contributed by atoms with Gasteiger partial charge >= 0.3 is 6.03 Å². The number of nitrogens with one attached hydrogen (secondary N) is 1. The van der Waals surface area contributed by atoms with E-state index in [1.54, 1.807) is 12.1 Å². The summed E-state index contributed by atoms with van der Waals surface area (Å²) < 4.78 is 18.3. The molecule has 0 unspecified atom stereocenters. The van der Waals surface area contributed by atoms with Crippen LogP contribution in [-0.2, 0) is 16.0 Å². The molecule has 4 amide bonds. The molecule has 0 bridgehead atoms. The smallest absolute Gasteiger partial charge is 0.335 e. The van der Waals surface area contributed by atoms with Crippen molar-refractivity contribution in [3.05, 3.63) is 71.6 Å². The molecule has 3 rings (SSSR count). The highest BCUT2D eigenvalue weighted by Gasteiger charge is 2.36.